The number of thiophene rings is 1. The standard InChI is InChI=1S/C23H19BrCl2N4O2S2/c24-14-3-5-17(25)16(12-14)21(31)28-23(33)27-15-4-6-19(18(26)13-15)29-7-9-30(10-8-29)22(32)20-2-1-11-34-20/h1-6,11-13H,7-10H2,(H2,27,28,31,33). The minimum absolute atomic E-state index is 0.0694. The molecule has 11 heteroatoms. The molecule has 0 radical (unpaired) electrons. The van der Waals surface area contributed by atoms with Crippen LogP contribution in [0.25, 0.3) is 0 Å². The van der Waals surface area contributed by atoms with Crippen molar-refractivity contribution in [3.05, 3.63) is 78.9 Å². The number of nitrogens with zero attached hydrogens (tertiary/aromatic N) is 2. The largest absolute Gasteiger partial charge is 0.367 e. The molecule has 0 atom stereocenters. The first kappa shape index (κ1) is 24.9. The average Bonchev–Trinajstić information content (AvgIpc) is 3.35. The summed E-state index contributed by atoms with van der Waals surface area (Å²) in [6, 6.07) is 14.2. The molecule has 1 fully saturated rings. The summed E-state index contributed by atoms with van der Waals surface area (Å²) in [5, 5.41) is 8.51. The molecule has 2 heterocycles. The van der Waals surface area contributed by atoms with E-state index in [1.165, 1.54) is 11.3 Å². The molecule has 0 aliphatic carbocycles. The third-order valence-corrected chi connectivity index (χ3v) is 7.43. The van der Waals surface area contributed by atoms with E-state index in [0.29, 0.717) is 47.5 Å². The van der Waals surface area contributed by atoms with Crippen LogP contribution in [0.4, 0.5) is 11.4 Å². The maximum Gasteiger partial charge on any atom is 0.264 e. The average molecular weight is 598 g/mol. The maximum atomic E-state index is 12.6. The van der Waals surface area contributed by atoms with E-state index in [1.54, 1.807) is 24.3 Å². The van der Waals surface area contributed by atoms with E-state index in [1.807, 2.05) is 34.5 Å². The molecule has 0 unspecified atom stereocenters. The molecule has 1 aliphatic rings. The fourth-order valence-electron chi connectivity index (χ4n) is 3.55. The van der Waals surface area contributed by atoms with Crippen LogP contribution in [0, 0.1) is 0 Å². The number of carbonyl (C=O) groups is 2. The van der Waals surface area contributed by atoms with E-state index < -0.39 is 5.91 Å². The fourth-order valence-corrected chi connectivity index (χ4v) is 5.32. The second-order valence-corrected chi connectivity index (χ2v) is 10.5. The van der Waals surface area contributed by atoms with Gasteiger partial charge >= 0.3 is 0 Å². The molecule has 2 N–H and O–H groups in total. The molecule has 6 nitrogen and oxygen atoms in total. The molecule has 0 saturated carbocycles. The van der Waals surface area contributed by atoms with Crippen molar-refractivity contribution in [3.63, 3.8) is 0 Å². The molecule has 4 rings (SSSR count). The Labute approximate surface area is 225 Å². The summed E-state index contributed by atoms with van der Waals surface area (Å²) in [6.45, 7) is 2.62. The summed E-state index contributed by atoms with van der Waals surface area (Å²) in [7, 11) is 0. The van der Waals surface area contributed by atoms with Gasteiger partial charge in [-0.25, -0.2) is 0 Å². The SMILES string of the molecule is O=C(NC(=S)Nc1ccc(N2CCN(C(=O)c3cccs3)CC2)c(Cl)c1)c1cc(Br)ccc1Cl. The van der Waals surface area contributed by atoms with Gasteiger partial charge in [0.05, 0.1) is 26.2 Å². The minimum atomic E-state index is -0.415. The van der Waals surface area contributed by atoms with Crippen molar-refractivity contribution >= 4 is 91.0 Å². The number of benzene rings is 2. The lowest BCUT2D eigenvalue weighted by Crippen LogP contribution is -2.48. The number of rotatable bonds is 4. The third kappa shape index (κ3) is 5.90. The fraction of sp³-hybridized carbons (Fsp3) is 0.174. The highest BCUT2D eigenvalue weighted by atomic mass is 79.9. The predicted molar refractivity (Wildman–Crippen MR) is 147 cm³/mol. The van der Waals surface area contributed by atoms with Crippen LogP contribution < -0.4 is 15.5 Å². The highest BCUT2D eigenvalue weighted by Crippen LogP contribution is 2.30. The third-order valence-electron chi connectivity index (χ3n) is 5.25. The Hall–Kier alpha value is -2.17. The number of thiocarbonyl (C=S) groups is 1. The predicted octanol–water partition coefficient (Wildman–Crippen LogP) is 5.91. The second-order valence-electron chi connectivity index (χ2n) is 7.46. The topological polar surface area (TPSA) is 64.7 Å². The Kier molecular flexibility index (Phi) is 8.10. The Morgan fingerprint density at radius 1 is 1.00 bits per heavy atom. The normalized spacial score (nSPS) is 13.5. The Balaban J connectivity index is 1.34. The van der Waals surface area contributed by atoms with Crippen molar-refractivity contribution in [3.8, 4) is 0 Å². The van der Waals surface area contributed by atoms with Gasteiger partial charge in [-0.2, -0.15) is 0 Å². The molecule has 1 aromatic heterocycles. The first-order valence-electron chi connectivity index (χ1n) is 10.3. The second kappa shape index (κ2) is 11.0. The monoisotopic (exact) mass is 596 g/mol. The molecule has 1 aliphatic heterocycles. The number of carbonyl (C=O) groups excluding carboxylic acids is 2. The van der Waals surface area contributed by atoms with Crippen LogP contribution in [-0.2, 0) is 0 Å². The van der Waals surface area contributed by atoms with Gasteiger partial charge in [0.15, 0.2) is 5.11 Å². The summed E-state index contributed by atoms with van der Waals surface area (Å²) >= 11 is 22.7. The van der Waals surface area contributed by atoms with E-state index in [-0.39, 0.29) is 11.0 Å². The quantitative estimate of drug-likeness (QED) is 0.366. The van der Waals surface area contributed by atoms with E-state index in [4.69, 9.17) is 35.4 Å². The molecule has 0 spiro atoms. The molecule has 0 bridgehead atoms. The lowest BCUT2D eigenvalue weighted by molar-refractivity contribution is 0.0751. The molecule has 3 aromatic rings. The van der Waals surface area contributed by atoms with Crippen LogP contribution in [0.15, 0.2) is 58.4 Å². The number of hydrogen-bond donors (Lipinski definition) is 2. The summed E-state index contributed by atoms with van der Waals surface area (Å²) in [6.07, 6.45) is 0. The summed E-state index contributed by atoms with van der Waals surface area (Å²) in [4.78, 5) is 29.8. The van der Waals surface area contributed by atoms with Gasteiger partial charge in [-0.05, 0) is 60.1 Å². The van der Waals surface area contributed by atoms with Crippen molar-refractivity contribution in [2.75, 3.05) is 36.4 Å². The minimum Gasteiger partial charge on any atom is -0.367 e. The van der Waals surface area contributed by atoms with Crippen molar-refractivity contribution < 1.29 is 9.59 Å². The van der Waals surface area contributed by atoms with Crippen LogP contribution in [0.2, 0.25) is 10.0 Å². The van der Waals surface area contributed by atoms with Crippen molar-refractivity contribution in [2.45, 2.75) is 0 Å². The Morgan fingerprint density at radius 3 is 2.44 bits per heavy atom. The first-order valence-corrected chi connectivity index (χ1v) is 13.1. The smallest absolute Gasteiger partial charge is 0.264 e. The summed E-state index contributed by atoms with van der Waals surface area (Å²) in [5.74, 6) is -0.346. The highest BCUT2D eigenvalue weighted by Gasteiger charge is 2.24. The van der Waals surface area contributed by atoms with Gasteiger partial charge in [-0.1, -0.05) is 45.2 Å². The van der Waals surface area contributed by atoms with Gasteiger partial charge in [-0.3, -0.25) is 14.9 Å². The van der Waals surface area contributed by atoms with Crippen molar-refractivity contribution in [1.82, 2.24) is 10.2 Å². The van der Waals surface area contributed by atoms with Crippen LogP contribution in [0.5, 0.6) is 0 Å². The van der Waals surface area contributed by atoms with Crippen LogP contribution >= 0.6 is 62.7 Å². The van der Waals surface area contributed by atoms with E-state index >= 15 is 0 Å². The number of anilines is 2. The lowest BCUT2D eigenvalue weighted by Gasteiger charge is -2.36. The van der Waals surface area contributed by atoms with Gasteiger partial charge < -0.3 is 15.1 Å². The number of nitrogens with one attached hydrogen (secondary N) is 2. The first-order chi connectivity index (χ1) is 16.3. The van der Waals surface area contributed by atoms with Crippen LogP contribution in [0.1, 0.15) is 20.0 Å². The zero-order chi connectivity index (χ0) is 24.2. The van der Waals surface area contributed by atoms with E-state index in [9.17, 15) is 9.59 Å². The molecule has 176 valence electrons. The lowest BCUT2D eigenvalue weighted by atomic mass is 10.2. The summed E-state index contributed by atoms with van der Waals surface area (Å²) < 4.78 is 0.736. The summed E-state index contributed by atoms with van der Waals surface area (Å²) in [5.41, 5.74) is 1.84. The zero-order valence-corrected chi connectivity index (χ0v) is 22.4. The van der Waals surface area contributed by atoms with Crippen molar-refractivity contribution in [1.29, 1.82) is 0 Å². The number of hydrogen-bond acceptors (Lipinski definition) is 5. The zero-order valence-electron chi connectivity index (χ0n) is 17.7. The van der Waals surface area contributed by atoms with Gasteiger partial charge in [0.2, 0.25) is 0 Å². The van der Waals surface area contributed by atoms with Gasteiger partial charge in [0, 0.05) is 36.3 Å². The Morgan fingerprint density at radius 2 is 1.76 bits per heavy atom. The number of amides is 2. The molecule has 2 aromatic carbocycles. The highest BCUT2D eigenvalue weighted by molar-refractivity contribution is 9.10. The molecule has 1 saturated heterocycles. The van der Waals surface area contributed by atoms with Crippen molar-refractivity contribution in [2.24, 2.45) is 0 Å². The van der Waals surface area contributed by atoms with Gasteiger partial charge in [0.1, 0.15) is 0 Å². The molecule has 2 amide bonds. The van der Waals surface area contributed by atoms with Crippen LogP contribution in [0.3, 0.4) is 0 Å². The van der Waals surface area contributed by atoms with Crippen LogP contribution in [-0.4, -0.2) is 48.0 Å². The van der Waals surface area contributed by atoms with E-state index in [0.717, 1.165) is 15.0 Å². The number of piperazine rings is 1. The molecular formula is C23H19BrCl2N4O2S2. The number of halogens is 3. The van der Waals surface area contributed by atoms with Gasteiger partial charge in [-0.15, -0.1) is 11.3 Å². The Bertz CT molecular complexity index is 1230. The maximum absolute atomic E-state index is 12.6. The molecule has 34 heavy (non-hydrogen) atoms. The molecular weight excluding hydrogens is 579 g/mol. The van der Waals surface area contributed by atoms with Gasteiger partial charge in [0.25, 0.3) is 11.8 Å². The van der Waals surface area contributed by atoms with E-state index in [2.05, 4.69) is 31.5 Å².